The number of nitrogens with one attached hydrogen (secondary N) is 1. The second-order valence-electron chi connectivity index (χ2n) is 7.37. The van der Waals surface area contributed by atoms with Gasteiger partial charge in [0.25, 0.3) is 5.91 Å². The van der Waals surface area contributed by atoms with Gasteiger partial charge in [-0.1, -0.05) is 26.8 Å². The summed E-state index contributed by atoms with van der Waals surface area (Å²) in [5.74, 6) is 1.13. The van der Waals surface area contributed by atoms with Crippen LogP contribution < -0.4 is 10.1 Å². The van der Waals surface area contributed by atoms with Gasteiger partial charge in [0.1, 0.15) is 17.8 Å². The van der Waals surface area contributed by atoms with E-state index >= 15 is 0 Å². The molecule has 0 aromatic heterocycles. The molecule has 1 atom stereocenters. The summed E-state index contributed by atoms with van der Waals surface area (Å²) in [5, 5.41) is 13.9. The largest absolute Gasteiger partial charge is 0.490 e. The Balaban J connectivity index is 2.23. The molecule has 0 saturated carbocycles. The number of carbonyl (C=O) groups is 1. The zero-order valence-electron chi connectivity index (χ0n) is 18.9. The lowest BCUT2D eigenvalue weighted by Gasteiger charge is -2.16. The molecule has 1 aromatic rings. The van der Waals surface area contributed by atoms with Crippen molar-refractivity contribution in [2.75, 3.05) is 46.2 Å². The maximum atomic E-state index is 12.1. The molecule has 1 N–H and O–H groups in total. The van der Waals surface area contributed by atoms with Crippen LogP contribution in [-0.4, -0.2) is 57.5 Å². The summed E-state index contributed by atoms with van der Waals surface area (Å²) in [7, 11) is 0. The molecule has 8 heteroatoms. The van der Waals surface area contributed by atoms with E-state index < -0.39 is 5.44 Å². The Hall–Kier alpha value is -1.79. The van der Waals surface area contributed by atoms with Crippen LogP contribution in [0, 0.1) is 16.6 Å². The Morgan fingerprint density at radius 3 is 2.61 bits per heavy atom. The number of benzene rings is 1. The number of carbonyl (C=O) groups excluding carboxylic acids is 1. The minimum atomic E-state index is -0.446. The van der Waals surface area contributed by atoms with Gasteiger partial charge in [-0.2, -0.15) is 5.26 Å². The van der Waals surface area contributed by atoms with Gasteiger partial charge in [-0.15, -0.1) is 0 Å². The molecule has 0 fully saturated rings. The van der Waals surface area contributed by atoms with E-state index in [4.69, 9.17) is 24.2 Å². The molecule has 1 aromatic carbocycles. The summed E-state index contributed by atoms with van der Waals surface area (Å²) in [6, 6.07) is 6.96. The highest BCUT2D eigenvalue weighted by atomic mass is 32.2. The van der Waals surface area contributed by atoms with Gasteiger partial charge in [-0.3, -0.25) is 4.79 Å². The van der Waals surface area contributed by atoms with Crippen molar-refractivity contribution in [3.63, 3.8) is 0 Å². The summed E-state index contributed by atoms with van der Waals surface area (Å²) < 4.78 is 22.4. The lowest BCUT2D eigenvalue weighted by Crippen LogP contribution is -2.24. The van der Waals surface area contributed by atoms with E-state index in [-0.39, 0.29) is 12.5 Å². The van der Waals surface area contributed by atoms with Gasteiger partial charge >= 0.3 is 0 Å². The first-order valence-corrected chi connectivity index (χ1v) is 11.8. The quantitative estimate of drug-likeness (QED) is 0.202. The Labute approximate surface area is 190 Å². The number of nitrogens with zero attached hydrogens (tertiary/aromatic N) is 1. The van der Waals surface area contributed by atoms with Crippen LogP contribution in [0.3, 0.4) is 0 Å². The van der Waals surface area contributed by atoms with Crippen molar-refractivity contribution in [2.24, 2.45) is 5.92 Å². The van der Waals surface area contributed by atoms with Crippen molar-refractivity contribution >= 4 is 17.7 Å². The number of amides is 1. The van der Waals surface area contributed by atoms with Crippen LogP contribution in [0.1, 0.15) is 50.4 Å². The molecule has 31 heavy (non-hydrogen) atoms. The van der Waals surface area contributed by atoms with E-state index in [9.17, 15) is 4.79 Å². The normalized spacial score (nSPS) is 11.8. The zero-order chi connectivity index (χ0) is 22.7. The van der Waals surface area contributed by atoms with Crippen LogP contribution >= 0.6 is 11.8 Å². The zero-order valence-corrected chi connectivity index (χ0v) is 19.7. The Morgan fingerprint density at radius 2 is 1.90 bits per heavy atom. The standard InChI is InChI=1S/C23H36N2O5S/c1-4-10-25-23(26)20-8-5-9-21(16-20)30-17-22(31-18-24)29-15-14-28-13-12-27-11-6-7-19(2)3/h5,8-9,16,19,22H,4,6-7,10-15,17H2,1-3H3,(H,25,26). The third-order valence-electron chi connectivity index (χ3n) is 4.18. The average Bonchev–Trinajstić information content (AvgIpc) is 2.76. The molecule has 0 heterocycles. The molecule has 0 aliphatic heterocycles. The summed E-state index contributed by atoms with van der Waals surface area (Å²) in [5.41, 5.74) is 0.0923. The fourth-order valence-electron chi connectivity index (χ4n) is 2.56. The maximum Gasteiger partial charge on any atom is 0.251 e. The number of hydrogen-bond acceptors (Lipinski definition) is 7. The molecule has 1 unspecified atom stereocenters. The first kappa shape index (κ1) is 27.2. The molecule has 0 bridgehead atoms. The number of thiocyanates is 1. The second-order valence-corrected chi connectivity index (χ2v) is 8.31. The average molecular weight is 453 g/mol. The van der Waals surface area contributed by atoms with E-state index in [0.29, 0.717) is 50.2 Å². The molecule has 7 nitrogen and oxygen atoms in total. The van der Waals surface area contributed by atoms with Crippen molar-refractivity contribution in [2.45, 2.75) is 45.5 Å². The summed E-state index contributed by atoms with van der Waals surface area (Å²) in [6.07, 6.45) is 3.12. The van der Waals surface area contributed by atoms with Crippen molar-refractivity contribution in [1.82, 2.24) is 5.32 Å². The Kier molecular flexibility index (Phi) is 15.7. The summed E-state index contributed by atoms with van der Waals surface area (Å²) in [4.78, 5) is 12.1. The number of nitriles is 1. The van der Waals surface area contributed by atoms with Gasteiger partial charge in [0.15, 0.2) is 5.44 Å². The van der Waals surface area contributed by atoms with Crippen molar-refractivity contribution in [3.8, 4) is 11.2 Å². The van der Waals surface area contributed by atoms with Crippen molar-refractivity contribution in [3.05, 3.63) is 29.8 Å². The van der Waals surface area contributed by atoms with E-state index in [2.05, 4.69) is 19.2 Å². The van der Waals surface area contributed by atoms with Crippen LogP contribution in [0.5, 0.6) is 5.75 Å². The third-order valence-corrected chi connectivity index (χ3v) is 4.82. The van der Waals surface area contributed by atoms with Crippen LogP contribution in [0.2, 0.25) is 0 Å². The maximum absolute atomic E-state index is 12.1. The Morgan fingerprint density at radius 1 is 1.16 bits per heavy atom. The molecule has 1 amide bonds. The van der Waals surface area contributed by atoms with E-state index in [1.54, 1.807) is 24.3 Å². The van der Waals surface area contributed by atoms with Gasteiger partial charge < -0.3 is 24.3 Å². The fourth-order valence-corrected chi connectivity index (χ4v) is 2.98. The minimum absolute atomic E-state index is 0.132. The molecule has 0 radical (unpaired) electrons. The van der Waals surface area contributed by atoms with Crippen LogP contribution in [0.15, 0.2) is 24.3 Å². The predicted octanol–water partition coefficient (Wildman–Crippen LogP) is 4.23. The molecule has 174 valence electrons. The third kappa shape index (κ3) is 14.0. The van der Waals surface area contributed by atoms with Crippen molar-refractivity contribution < 1.29 is 23.7 Å². The number of thioether (sulfide) groups is 1. The van der Waals surface area contributed by atoms with E-state index in [1.807, 2.05) is 12.3 Å². The van der Waals surface area contributed by atoms with Crippen LogP contribution in [0.4, 0.5) is 0 Å². The van der Waals surface area contributed by atoms with Crippen LogP contribution in [0.25, 0.3) is 0 Å². The smallest absolute Gasteiger partial charge is 0.251 e. The van der Waals surface area contributed by atoms with Gasteiger partial charge in [-0.05, 0) is 55.1 Å². The Bertz CT molecular complexity index is 651. The number of rotatable bonds is 18. The minimum Gasteiger partial charge on any atom is -0.490 e. The number of ether oxygens (including phenoxy) is 4. The molecule has 0 spiro atoms. The SMILES string of the molecule is CCCNC(=O)c1cccc(OCC(OCCOCCOCCCC(C)C)SC#N)c1. The van der Waals surface area contributed by atoms with Crippen molar-refractivity contribution in [1.29, 1.82) is 5.26 Å². The van der Waals surface area contributed by atoms with Crippen LogP contribution in [-0.2, 0) is 14.2 Å². The highest BCUT2D eigenvalue weighted by Crippen LogP contribution is 2.17. The highest BCUT2D eigenvalue weighted by Gasteiger charge is 2.12. The first-order chi connectivity index (χ1) is 15.1. The van der Waals surface area contributed by atoms with Gasteiger partial charge in [0.05, 0.1) is 26.4 Å². The molecule has 0 saturated heterocycles. The lowest BCUT2D eigenvalue weighted by atomic mass is 10.1. The first-order valence-electron chi connectivity index (χ1n) is 10.9. The van der Waals surface area contributed by atoms with E-state index in [0.717, 1.165) is 31.2 Å². The lowest BCUT2D eigenvalue weighted by molar-refractivity contribution is 0.000944. The summed E-state index contributed by atoms with van der Waals surface area (Å²) >= 11 is 0.996. The molecule has 1 rings (SSSR count). The second kappa shape index (κ2) is 17.8. The fraction of sp³-hybridized carbons (Fsp3) is 0.652. The van der Waals surface area contributed by atoms with E-state index in [1.165, 1.54) is 6.42 Å². The molecular formula is C23H36N2O5S. The van der Waals surface area contributed by atoms with Gasteiger partial charge in [0.2, 0.25) is 0 Å². The van der Waals surface area contributed by atoms with Gasteiger partial charge in [0, 0.05) is 18.7 Å². The summed E-state index contributed by atoms with van der Waals surface area (Å²) in [6.45, 7) is 9.86. The topological polar surface area (TPSA) is 89.8 Å². The molecule has 0 aliphatic rings. The highest BCUT2D eigenvalue weighted by molar-refractivity contribution is 8.04. The molecule has 0 aliphatic carbocycles. The van der Waals surface area contributed by atoms with Gasteiger partial charge in [-0.25, -0.2) is 0 Å². The molecular weight excluding hydrogens is 416 g/mol. The number of hydrogen-bond donors (Lipinski definition) is 1. The monoisotopic (exact) mass is 452 g/mol. The predicted molar refractivity (Wildman–Crippen MR) is 123 cm³/mol.